The summed E-state index contributed by atoms with van der Waals surface area (Å²) in [7, 11) is 0. The summed E-state index contributed by atoms with van der Waals surface area (Å²) in [6, 6.07) is 9.51. The summed E-state index contributed by atoms with van der Waals surface area (Å²) in [6.45, 7) is 4.90. The lowest BCUT2D eigenvalue weighted by atomic mass is 10.0. The van der Waals surface area contributed by atoms with Crippen LogP contribution in [0.15, 0.2) is 36.4 Å². The fourth-order valence-corrected chi connectivity index (χ4v) is 2.46. The highest BCUT2D eigenvalue weighted by atomic mass is 19.1. The molecule has 0 N–H and O–H groups in total. The summed E-state index contributed by atoms with van der Waals surface area (Å²) in [5.74, 6) is -0.406. The van der Waals surface area contributed by atoms with Gasteiger partial charge in [-0.05, 0) is 30.2 Å². The van der Waals surface area contributed by atoms with E-state index >= 15 is 0 Å². The molecule has 2 nitrogen and oxygen atoms in total. The number of hydrogen-bond donors (Lipinski definition) is 0. The minimum atomic E-state index is -0.533. The van der Waals surface area contributed by atoms with Crippen molar-refractivity contribution in [3.63, 3.8) is 0 Å². The van der Waals surface area contributed by atoms with Crippen molar-refractivity contribution in [3.8, 4) is 11.1 Å². The van der Waals surface area contributed by atoms with E-state index in [1.807, 2.05) is 6.92 Å². The molecule has 0 unspecified atom stereocenters. The van der Waals surface area contributed by atoms with Gasteiger partial charge in [0.15, 0.2) is 6.29 Å². The van der Waals surface area contributed by atoms with Gasteiger partial charge in [-0.3, -0.25) is 0 Å². The number of rotatable bonds is 2. The van der Waals surface area contributed by atoms with Crippen molar-refractivity contribution in [3.05, 3.63) is 59.2 Å². The third-order valence-electron chi connectivity index (χ3n) is 3.81. The molecule has 0 atom stereocenters. The predicted octanol–water partition coefficient (Wildman–Crippen LogP) is 4.62. The SMILES string of the molecule is Cc1ccc(-c2ccc(C3OCC(C)CO3)cc2F)cc1F. The zero-order chi connectivity index (χ0) is 15.7. The van der Waals surface area contributed by atoms with Crippen LogP contribution < -0.4 is 0 Å². The Kier molecular flexibility index (Phi) is 4.23. The summed E-state index contributed by atoms with van der Waals surface area (Å²) in [5.41, 5.74) is 2.07. The Morgan fingerprint density at radius 2 is 1.68 bits per heavy atom. The highest BCUT2D eigenvalue weighted by Gasteiger charge is 2.22. The molecule has 1 saturated heterocycles. The largest absolute Gasteiger partial charge is 0.348 e. The fraction of sp³-hybridized carbons (Fsp3) is 0.333. The van der Waals surface area contributed by atoms with Crippen molar-refractivity contribution in [1.29, 1.82) is 0 Å². The van der Waals surface area contributed by atoms with Crippen LogP contribution >= 0.6 is 0 Å². The van der Waals surface area contributed by atoms with E-state index < -0.39 is 12.1 Å². The van der Waals surface area contributed by atoms with E-state index in [-0.39, 0.29) is 5.82 Å². The zero-order valence-corrected chi connectivity index (χ0v) is 12.6. The lowest BCUT2D eigenvalue weighted by molar-refractivity contribution is -0.202. The Bertz CT molecular complexity index is 677. The summed E-state index contributed by atoms with van der Waals surface area (Å²) in [4.78, 5) is 0. The number of hydrogen-bond acceptors (Lipinski definition) is 2. The maximum Gasteiger partial charge on any atom is 0.183 e. The highest BCUT2D eigenvalue weighted by Crippen LogP contribution is 2.30. The first kappa shape index (κ1) is 15.1. The average Bonchev–Trinajstić information content (AvgIpc) is 2.51. The van der Waals surface area contributed by atoms with Crippen molar-refractivity contribution in [2.75, 3.05) is 13.2 Å². The topological polar surface area (TPSA) is 18.5 Å². The van der Waals surface area contributed by atoms with Crippen LogP contribution in [-0.4, -0.2) is 13.2 Å². The molecule has 0 spiro atoms. The zero-order valence-electron chi connectivity index (χ0n) is 12.6. The monoisotopic (exact) mass is 304 g/mol. The Morgan fingerprint density at radius 1 is 0.955 bits per heavy atom. The summed E-state index contributed by atoms with van der Waals surface area (Å²) < 4.78 is 39.1. The lowest BCUT2D eigenvalue weighted by Crippen LogP contribution is -2.25. The van der Waals surface area contributed by atoms with Gasteiger partial charge in [-0.2, -0.15) is 0 Å². The van der Waals surface area contributed by atoms with E-state index in [1.165, 1.54) is 12.1 Å². The molecule has 0 amide bonds. The molecule has 22 heavy (non-hydrogen) atoms. The van der Waals surface area contributed by atoms with Crippen LogP contribution in [0.3, 0.4) is 0 Å². The van der Waals surface area contributed by atoms with Gasteiger partial charge in [-0.25, -0.2) is 8.78 Å². The van der Waals surface area contributed by atoms with Gasteiger partial charge in [-0.15, -0.1) is 0 Å². The van der Waals surface area contributed by atoms with Crippen LogP contribution in [-0.2, 0) is 9.47 Å². The molecule has 1 fully saturated rings. The molecule has 2 aromatic rings. The molecule has 2 aromatic carbocycles. The second kappa shape index (κ2) is 6.15. The Hall–Kier alpha value is -1.78. The first-order chi connectivity index (χ1) is 10.5. The highest BCUT2D eigenvalue weighted by molar-refractivity contribution is 5.65. The van der Waals surface area contributed by atoms with Crippen LogP contribution in [0.5, 0.6) is 0 Å². The summed E-state index contributed by atoms with van der Waals surface area (Å²) >= 11 is 0. The number of benzene rings is 2. The van der Waals surface area contributed by atoms with Crippen molar-refractivity contribution in [1.82, 2.24) is 0 Å². The molecule has 3 rings (SSSR count). The molecular formula is C18H18F2O2. The number of aryl methyl sites for hydroxylation is 1. The molecule has 0 aromatic heterocycles. The second-order valence-corrected chi connectivity index (χ2v) is 5.81. The summed E-state index contributed by atoms with van der Waals surface area (Å²) in [6.07, 6.45) is -0.533. The molecule has 0 saturated carbocycles. The normalized spacial score (nSPS) is 21.8. The van der Waals surface area contributed by atoms with Crippen LogP contribution in [0.1, 0.15) is 24.3 Å². The van der Waals surface area contributed by atoms with Crippen LogP contribution in [0.2, 0.25) is 0 Å². The van der Waals surface area contributed by atoms with Crippen molar-refractivity contribution < 1.29 is 18.3 Å². The van der Waals surface area contributed by atoms with Crippen LogP contribution in [0.25, 0.3) is 11.1 Å². The van der Waals surface area contributed by atoms with Gasteiger partial charge in [0.25, 0.3) is 0 Å². The first-order valence-corrected chi connectivity index (χ1v) is 7.34. The standard InChI is InChI=1S/C18H18F2O2/c1-11-9-21-18(22-10-11)14-5-6-15(17(20)8-14)13-4-3-12(2)16(19)7-13/h3-8,11,18H,9-10H2,1-2H3. The minimum Gasteiger partial charge on any atom is -0.348 e. The molecule has 1 aliphatic rings. The molecule has 116 valence electrons. The van der Waals surface area contributed by atoms with Crippen molar-refractivity contribution in [2.45, 2.75) is 20.1 Å². The molecule has 0 bridgehead atoms. The molecule has 4 heteroatoms. The van der Waals surface area contributed by atoms with Gasteiger partial charge >= 0.3 is 0 Å². The third kappa shape index (κ3) is 3.03. The lowest BCUT2D eigenvalue weighted by Gasteiger charge is -2.27. The third-order valence-corrected chi connectivity index (χ3v) is 3.81. The second-order valence-electron chi connectivity index (χ2n) is 5.81. The maximum atomic E-state index is 14.4. The van der Waals surface area contributed by atoms with Gasteiger partial charge < -0.3 is 9.47 Å². The molecule has 1 aliphatic heterocycles. The van der Waals surface area contributed by atoms with E-state index in [9.17, 15) is 8.78 Å². The Labute approximate surface area is 128 Å². The van der Waals surface area contributed by atoms with E-state index in [4.69, 9.17) is 9.47 Å². The number of ether oxygens (including phenoxy) is 2. The van der Waals surface area contributed by atoms with Gasteiger partial charge in [0.2, 0.25) is 0 Å². The fourth-order valence-electron chi connectivity index (χ4n) is 2.46. The molecule has 0 radical (unpaired) electrons. The van der Waals surface area contributed by atoms with Gasteiger partial charge in [0.1, 0.15) is 11.6 Å². The average molecular weight is 304 g/mol. The predicted molar refractivity (Wildman–Crippen MR) is 80.3 cm³/mol. The van der Waals surface area contributed by atoms with Crippen molar-refractivity contribution in [2.24, 2.45) is 5.92 Å². The number of halogens is 2. The van der Waals surface area contributed by atoms with Crippen LogP contribution in [0, 0.1) is 24.5 Å². The Balaban J connectivity index is 1.87. The van der Waals surface area contributed by atoms with E-state index in [1.54, 1.807) is 31.2 Å². The molecule has 0 aliphatic carbocycles. The van der Waals surface area contributed by atoms with E-state index in [0.717, 1.165) is 0 Å². The quantitative estimate of drug-likeness (QED) is 0.806. The Morgan fingerprint density at radius 3 is 2.32 bits per heavy atom. The smallest absolute Gasteiger partial charge is 0.183 e. The van der Waals surface area contributed by atoms with Crippen LogP contribution in [0.4, 0.5) is 8.78 Å². The first-order valence-electron chi connectivity index (χ1n) is 7.34. The molecule has 1 heterocycles. The minimum absolute atomic E-state index is 0.339. The van der Waals surface area contributed by atoms with Crippen molar-refractivity contribution >= 4 is 0 Å². The molecular weight excluding hydrogens is 286 g/mol. The van der Waals surface area contributed by atoms with Gasteiger partial charge in [0.05, 0.1) is 13.2 Å². The van der Waals surface area contributed by atoms with E-state index in [0.29, 0.717) is 41.4 Å². The van der Waals surface area contributed by atoms with Gasteiger partial charge in [0, 0.05) is 17.0 Å². The van der Waals surface area contributed by atoms with E-state index in [2.05, 4.69) is 0 Å². The van der Waals surface area contributed by atoms with Gasteiger partial charge in [-0.1, -0.05) is 31.2 Å². The maximum absolute atomic E-state index is 14.4. The summed E-state index contributed by atoms with van der Waals surface area (Å²) in [5, 5.41) is 0.